The molecule has 0 atom stereocenters. The van der Waals surface area contributed by atoms with E-state index in [9.17, 15) is 0 Å². The fourth-order valence-electron chi connectivity index (χ4n) is 1.91. The Morgan fingerprint density at radius 3 is 2.35 bits per heavy atom. The molecule has 3 nitrogen and oxygen atoms in total. The summed E-state index contributed by atoms with van der Waals surface area (Å²) in [6.07, 6.45) is 0. The lowest BCUT2D eigenvalue weighted by Crippen LogP contribution is -2.00. The summed E-state index contributed by atoms with van der Waals surface area (Å²) in [7, 11) is 0. The number of hydrogen-bond donors (Lipinski definition) is 0. The van der Waals surface area contributed by atoms with Crippen LogP contribution in [0.2, 0.25) is 10.2 Å². The molecule has 0 fully saturated rings. The Bertz CT molecular complexity index is 762. The summed E-state index contributed by atoms with van der Waals surface area (Å²) in [6, 6.07) is 15.1. The maximum absolute atomic E-state index is 6.10. The van der Waals surface area contributed by atoms with Gasteiger partial charge in [0.15, 0.2) is 5.15 Å². The van der Waals surface area contributed by atoms with Gasteiger partial charge in [-0.3, -0.25) is 0 Å². The number of halogens is 2. The van der Waals surface area contributed by atoms with Crippen LogP contribution >= 0.6 is 23.2 Å². The largest absolute Gasteiger partial charge is 0.471 e. The van der Waals surface area contributed by atoms with Gasteiger partial charge in [0.25, 0.3) is 0 Å². The lowest BCUT2D eigenvalue weighted by molar-refractivity contribution is 0.294. The first-order chi connectivity index (χ1) is 9.75. The molecular formula is C15H10Cl2N2O. The van der Waals surface area contributed by atoms with E-state index in [2.05, 4.69) is 10.2 Å². The maximum atomic E-state index is 6.10. The monoisotopic (exact) mass is 304 g/mol. The van der Waals surface area contributed by atoms with E-state index in [-0.39, 0.29) is 0 Å². The Balaban J connectivity index is 1.92. The molecule has 20 heavy (non-hydrogen) atoms. The molecule has 1 aromatic heterocycles. The second kappa shape index (κ2) is 5.65. The van der Waals surface area contributed by atoms with Crippen molar-refractivity contribution in [3.8, 4) is 5.88 Å². The number of fused-ring (bicyclic) bond motifs is 1. The average Bonchev–Trinajstić information content (AvgIpc) is 2.48. The fraction of sp³-hybridized carbons (Fsp3) is 0.0667. The lowest BCUT2D eigenvalue weighted by atomic mass is 10.2. The molecule has 1 heterocycles. The van der Waals surface area contributed by atoms with Crippen molar-refractivity contribution in [2.75, 3.05) is 0 Å². The first kappa shape index (κ1) is 13.2. The van der Waals surface area contributed by atoms with Crippen LogP contribution in [0.25, 0.3) is 10.8 Å². The maximum Gasteiger partial charge on any atom is 0.241 e. The first-order valence-corrected chi connectivity index (χ1v) is 6.78. The van der Waals surface area contributed by atoms with E-state index < -0.39 is 0 Å². The Morgan fingerprint density at radius 2 is 1.55 bits per heavy atom. The first-order valence-electron chi connectivity index (χ1n) is 6.03. The van der Waals surface area contributed by atoms with Gasteiger partial charge in [0.1, 0.15) is 6.61 Å². The van der Waals surface area contributed by atoms with E-state index in [4.69, 9.17) is 27.9 Å². The molecule has 0 saturated carbocycles. The van der Waals surface area contributed by atoms with Crippen LogP contribution in [-0.4, -0.2) is 10.2 Å². The van der Waals surface area contributed by atoms with Gasteiger partial charge in [0.2, 0.25) is 5.88 Å². The molecule has 2 aromatic carbocycles. The van der Waals surface area contributed by atoms with Crippen molar-refractivity contribution in [3.05, 3.63) is 64.3 Å². The SMILES string of the molecule is Clc1ccccc1COc1nnc(Cl)c2ccccc12. The van der Waals surface area contributed by atoms with Crippen molar-refractivity contribution >= 4 is 34.0 Å². The zero-order valence-electron chi connectivity index (χ0n) is 10.4. The second-order valence-corrected chi connectivity index (χ2v) is 4.99. The van der Waals surface area contributed by atoms with Crippen LogP contribution in [0.4, 0.5) is 0 Å². The van der Waals surface area contributed by atoms with Crippen molar-refractivity contribution in [1.29, 1.82) is 0 Å². The molecule has 0 N–H and O–H groups in total. The third kappa shape index (κ3) is 2.55. The summed E-state index contributed by atoms with van der Waals surface area (Å²) >= 11 is 12.1. The second-order valence-electron chi connectivity index (χ2n) is 4.22. The Labute approximate surface area is 126 Å². The molecule has 0 spiro atoms. The summed E-state index contributed by atoms with van der Waals surface area (Å²) in [5.41, 5.74) is 0.898. The van der Waals surface area contributed by atoms with Crippen molar-refractivity contribution < 1.29 is 4.74 Å². The molecule has 5 heteroatoms. The number of benzene rings is 2. The Hall–Kier alpha value is -1.84. The highest BCUT2D eigenvalue weighted by Crippen LogP contribution is 2.28. The normalized spacial score (nSPS) is 10.7. The molecule has 0 radical (unpaired) electrons. The van der Waals surface area contributed by atoms with Crippen LogP contribution in [0.3, 0.4) is 0 Å². The van der Waals surface area contributed by atoms with Gasteiger partial charge < -0.3 is 4.74 Å². The third-order valence-corrected chi connectivity index (χ3v) is 3.58. The number of hydrogen-bond acceptors (Lipinski definition) is 3. The van der Waals surface area contributed by atoms with Crippen LogP contribution in [0.5, 0.6) is 5.88 Å². The van der Waals surface area contributed by atoms with Crippen molar-refractivity contribution in [2.45, 2.75) is 6.61 Å². The molecule has 0 bridgehead atoms. The smallest absolute Gasteiger partial charge is 0.241 e. The highest BCUT2D eigenvalue weighted by Gasteiger charge is 2.09. The molecule has 3 aromatic rings. The zero-order chi connectivity index (χ0) is 13.9. The minimum absolute atomic E-state index is 0.333. The standard InChI is InChI=1S/C15H10Cl2N2O/c16-13-8-4-1-5-10(13)9-20-15-12-7-3-2-6-11(12)14(17)18-19-15/h1-8H,9H2. The molecular weight excluding hydrogens is 295 g/mol. The van der Waals surface area contributed by atoms with E-state index in [0.717, 1.165) is 16.3 Å². The average molecular weight is 305 g/mol. The minimum Gasteiger partial charge on any atom is -0.471 e. The van der Waals surface area contributed by atoms with Crippen LogP contribution in [0, 0.1) is 0 Å². The predicted octanol–water partition coefficient (Wildman–Crippen LogP) is 4.52. The summed E-state index contributed by atoms with van der Waals surface area (Å²) in [5, 5.41) is 10.6. The van der Waals surface area contributed by atoms with Gasteiger partial charge >= 0.3 is 0 Å². The third-order valence-electron chi connectivity index (χ3n) is 2.93. The van der Waals surface area contributed by atoms with Crippen molar-refractivity contribution in [3.63, 3.8) is 0 Å². The zero-order valence-corrected chi connectivity index (χ0v) is 11.9. The van der Waals surface area contributed by atoms with E-state index in [1.165, 1.54) is 0 Å². The van der Waals surface area contributed by atoms with Gasteiger partial charge in [0, 0.05) is 21.4 Å². The van der Waals surface area contributed by atoms with E-state index >= 15 is 0 Å². The van der Waals surface area contributed by atoms with Crippen LogP contribution in [-0.2, 0) is 6.61 Å². The molecule has 0 aliphatic heterocycles. The van der Waals surface area contributed by atoms with E-state index in [0.29, 0.717) is 22.7 Å². The van der Waals surface area contributed by atoms with Gasteiger partial charge in [-0.15, -0.1) is 10.2 Å². The molecule has 0 amide bonds. The van der Waals surface area contributed by atoms with Gasteiger partial charge in [-0.05, 0) is 12.1 Å². The number of aromatic nitrogens is 2. The molecule has 0 aliphatic carbocycles. The van der Waals surface area contributed by atoms with Gasteiger partial charge in [0.05, 0.1) is 0 Å². The lowest BCUT2D eigenvalue weighted by Gasteiger charge is -2.09. The number of ether oxygens (including phenoxy) is 1. The summed E-state index contributed by atoms with van der Waals surface area (Å²) in [6.45, 7) is 0.333. The predicted molar refractivity (Wildman–Crippen MR) is 80.3 cm³/mol. The van der Waals surface area contributed by atoms with Gasteiger partial charge in [-0.2, -0.15) is 0 Å². The van der Waals surface area contributed by atoms with Crippen LogP contribution in [0.15, 0.2) is 48.5 Å². The quantitative estimate of drug-likeness (QED) is 0.714. The van der Waals surface area contributed by atoms with Crippen molar-refractivity contribution in [1.82, 2.24) is 10.2 Å². The summed E-state index contributed by atoms with van der Waals surface area (Å²) in [5.74, 6) is 0.449. The molecule has 0 aliphatic rings. The molecule has 0 unspecified atom stereocenters. The van der Waals surface area contributed by atoms with E-state index in [1.54, 1.807) is 0 Å². The Kier molecular flexibility index (Phi) is 3.72. The number of nitrogens with zero attached hydrogens (tertiary/aromatic N) is 2. The van der Waals surface area contributed by atoms with Gasteiger partial charge in [-0.25, -0.2) is 0 Å². The highest BCUT2D eigenvalue weighted by molar-refractivity contribution is 6.34. The fourth-order valence-corrected chi connectivity index (χ4v) is 2.31. The molecule has 100 valence electrons. The van der Waals surface area contributed by atoms with Crippen LogP contribution in [0.1, 0.15) is 5.56 Å². The topological polar surface area (TPSA) is 35.0 Å². The summed E-state index contributed by atoms with van der Waals surface area (Å²) < 4.78 is 5.72. The minimum atomic E-state index is 0.333. The molecule has 0 saturated heterocycles. The highest BCUT2D eigenvalue weighted by atomic mass is 35.5. The molecule has 3 rings (SSSR count). The summed E-state index contributed by atoms with van der Waals surface area (Å²) in [4.78, 5) is 0. The number of rotatable bonds is 3. The van der Waals surface area contributed by atoms with Crippen molar-refractivity contribution in [2.24, 2.45) is 0 Å². The van der Waals surface area contributed by atoms with E-state index in [1.807, 2.05) is 48.5 Å². The Morgan fingerprint density at radius 1 is 0.850 bits per heavy atom. The van der Waals surface area contributed by atoms with Crippen LogP contribution < -0.4 is 4.74 Å². The van der Waals surface area contributed by atoms with Gasteiger partial charge in [-0.1, -0.05) is 59.6 Å².